The van der Waals surface area contributed by atoms with Gasteiger partial charge < -0.3 is 14.8 Å². The summed E-state index contributed by atoms with van der Waals surface area (Å²) in [6.45, 7) is 2.04. The van der Waals surface area contributed by atoms with Gasteiger partial charge >= 0.3 is 0 Å². The summed E-state index contributed by atoms with van der Waals surface area (Å²) < 4.78 is 26.4. The van der Waals surface area contributed by atoms with Crippen LogP contribution in [0.1, 0.15) is 11.9 Å². The number of aromatic nitrogens is 6. The summed E-state index contributed by atoms with van der Waals surface area (Å²) in [5, 5.41) is 14.6. The molecule has 1 aliphatic rings. The Morgan fingerprint density at radius 3 is 2.87 bits per heavy atom. The van der Waals surface area contributed by atoms with Crippen LogP contribution >= 0.6 is 0 Å². The lowest BCUT2D eigenvalue weighted by atomic mass is 10.2. The molecule has 3 aromatic heterocycles. The number of rotatable bonds is 4. The molecule has 4 aromatic rings. The van der Waals surface area contributed by atoms with Crippen molar-refractivity contribution in [1.29, 1.82) is 0 Å². The van der Waals surface area contributed by atoms with E-state index in [4.69, 9.17) is 9.47 Å². The number of hydrogen-bond acceptors (Lipinski definition) is 8. The van der Waals surface area contributed by atoms with Crippen molar-refractivity contribution < 1.29 is 13.9 Å². The van der Waals surface area contributed by atoms with Gasteiger partial charge in [-0.3, -0.25) is 9.89 Å². The second-order valence-electron chi connectivity index (χ2n) is 6.91. The van der Waals surface area contributed by atoms with Gasteiger partial charge in [-0.25, -0.2) is 14.4 Å². The molecule has 0 aliphatic carbocycles. The summed E-state index contributed by atoms with van der Waals surface area (Å²) in [4.78, 5) is 21.4. The number of para-hydroxylation sites is 1. The zero-order chi connectivity index (χ0) is 21.4. The van der Waals surface area contributed by atoms with Crippen LogP contribution < -0.4 is 15.6 Å². The predicted molar refractivity (Wildman–Crippen MR) is 109 cm³/mol. The highest BCUT2D eigenvalue weighted by Crippen LogP contribution is 2.27. The van der Waals surface area contributed by atoms with E-state index in [-0.39, 0.29) is 17.5 Å². The topological polar surface area (TPSA) is 120 Å². The van der Waals surface area contributed by atoms with Crippen molar-refractivity contribution in [1.82, 2.24) is 35.3 Å². The smallest absolute Gasteiger partial charge is 0.273 e. The quantitative estimate of drug-likeness (QED) is 0.505. The van der Waals surface area contributed by atoms with Crippen LogP contribution in [0.15, 0.2) is 41.5 Å². The molecule has 1 aliphatic heterocycles. The highest BCUT2D eigenvalue weighted by atomic mass is 19.1. The number of nitrogens with one attached hydrogen (secondary N) is 2. The fourth-order valence-corrected chi connectivity index (χ4v) is 3.47. The Morgan fingerprint density at radius 2 is 2.13 bits per heavy atom. The van der Waals surface area contributed by atoms with Gasteiger partial charge in [-0.05, 0) is 12.1 Å². The lowest BCUT2D eigenvalue weighted by Crippen LogP contribution is -2.34. The van der Waals surface area contributed by atoms with E-state index in [9.17, 15) is 9.18 Å². The Kier molecular flexibility index (Phi) is 4.88. The Hall–Kier alpha value is -3.70. The number of ether oxygens (including phenoxy) is 2. The molecule has 2 N–H and O–H groups in total. The van der Waals surface area contributed by atoms with Gasteiger partial charge in [0.25, 0.3) is 5.56 Å². The van der Waals surface area contributed by atoms with Crippen molar-refractivity contribution in [3.63, 3.8) is 0 Å². The van der Waals surface area contributed by atoms with Crippen molar-refractivity contribution in [3.05, 3.63) is 58.7 Å². The van der Waals surface area contributed by atoms with E-state index in [0.29, 0.717) is 41.3 Å². The molecule has 0 saturated carbocycles. The molecular formula is C20H18FN7O3. The zero-order valence-corrected chi connectivity index (χ0v) is 16.5. The second kappa shape index (κ2) is 7.85. The predicted octanol–water partition coefficient (Wildman–Crippen LogP) is 1.37. The standard InChI is InChI=1S/C20H18FN7O3/c1-30-14-4-2-3-12(21)19(14)28-16(29)7-13-18(27-28)17(26-25-13)11-8-23-20(24-9-11)15-10-22-5-6-31-15/h2-4,7-9,15,22,25H,5-6,10H2,1H3. The molecule has 1 atom stereocenters. The maximum Gasteiger partial charge on any atom is 0.273 e. The average molecular weight is 423 g/mol. The van der Waals surface area contributed by atoms with Crippen molar-refractivity contribution in [2.45, 2.75) is 6.10 Å². The lowest BCUT2D eigenvalue weighted by Gasteiger charge is -2.22. The maximum atomic E-state index is 14.5. The van der Waals surface area contributed by atoms with E-state index in [2.05, 4.69) is 30.6 Å². The molecule has 11 heteroatoms. The summed E-state index contributed by atoms with van der Waals surface area (Å²) >= 11 is 0. The number of aromatic amines is 1. The summed E-state index contributed by atoms with van der Waals surface area (Å²) in [6, 6.07) is 5.60. The molecule has 1 fully saturated rings. The maximum absolute atomic E-state index is 14.5. The van der Waals surface area contributed by atoms with Crippen LogP contribution in [0.3, 0.4) is 0 Å². The zero-order valence-electron chi connectivity index (χ0n) is 16.5. The van der Waals surface area contributed by atoms with Crippen LogP contribution in [0.2, 0.25) is 0 Å². The third-order valence-electron chi connectivity index (χ3n) is 4.99. The first-order valence-corrected chi connectivity index (χ1v) is 9.61. The largest absolute Gasteiger partial charge is 0.494 e. The summed E-state index contributed by atoms with van der Waals surface area (Å²) in [6.07, 6.45) is 3.03. The van der Waals surface area contributed by atoms with Crippen LogP contribution in [0.4, 0.5) is 4.39 Å². The molecule has 0 radical (unpaired) electrons. The SMILES string of the molecule is COc1cccc(F)c1-n1nc2c(-c3cnc(C4CNCCO4)nc3)n[nH]c2cc1=O. The Bertz CT molecular complexity index is 1300. The minimum Gasteiger partial charge on any atom is -0.494 e. The van der Waals surface area contributed by atoms with Crippen molar-refractivity contribution >= 4 is 11.0 Å². The third-order valence-corrected chi connectivity index (χ3v) is 4.99. The van der Waals surface area contributed by atoms with Crippen LogP contribution in [0.5, 0.6) is 5.75 Å². The van der Waals surface area contributed by atoms with Crippen LogP contribution in [0, 0.1) is 5.82 Å². The van der Waals surface area contributed by atoms with Gasteiger partial charge in [0.2, 0.25) is 0 Å². The molecule has 1 unspecified atom stereocenters. The lowest BCUT2D eigenvalue weighted by molar-refractivity contribution is 0.0221. The Balaban J connectivity index is 1.59. The molecule has 31 heavy (non-hydrogen) atoms. The number of morpholine rings is 1. The van der Waals surface area contributed by atoms with Crippen molar-refractivity contribution in [2.75, 3.05) is 26.8 Å². The fourth-order valence-electron chi connectivity index (χ4n) is 3.47. The normalized spacial score (nSPS) is 16.5. The summed E-state index contributed by atoms with van der Waals surface area (Å²) in [5.41, 5.74) is 1.22. The highest BCUT2D eigenvalue weighted by molar-refractivity contribution is 5.88. The number of halogens is 1. The number of H-pyrrole nitrogens is 1. The Morgan fingerprint density at radius 1 is 1.29 bits per heavy atom. The monoisotopic (exact) mass is 423 g/mol. The molecule has 158 valence electrons. The molecule has 0 spiro atoms. The number of fused-ring (bicyclic) bond motifs is 1. The number of benzene rings is 1. The molecule has 4 heterocycles. The van der Waals surface area contributed by atoms with Gasteiger partial charge in [0.15, 0.2) is 11.6 Å². The first-order chi connectivity index (χ1) is 15.2. The van der Waals surface area contributed by atoms with E-state index in [1.54, 1.807) is 18.5 Å². The highest BCUT2D eigenvalue weighted by Gasteiger charge is 2.21. The first kappa shape index (κ1) is 19.3. The minimum absolute atomic E-state index is 0.0717. The Labute approximate surface area is 175 Å². The summed E-state index contributed by atoms with van der Waals surface area (Å²) in [7, 11) is 1.40. The molecule has 5 rings (SSSR count). The van der Waals surface area contributed by atoms with E-state index in [0.717, 1.165) is 11.2 Å². The molecular weight excluding hydrogens is 405 g/mol. The van der Waals surface area contributed by atoms with Gasteiger partial charge in [0.05, 0.1) is 19.2 Å². The van der Waals surface area contributed by atoms with E-state index in [1.807, 2.05) is 0 Å². The average Bonchev–Trinajstić information content (AvgIpc) is 3.21. The van der Waals surface area contributed by atoms with Crippen molar-refractivity contribution in [3.8, 4) is 22.7 Å². The second-order valence-corrected chi connectivity index (χ2v) is 6.91. The minimum atomic E-state index is -0.632. The number of hydrogen-bond donors (Lipinski definition) is 2. The van der Waals surface area contributed by atoms with Gasteiger partial charge in [0.1, 0.15) is 28.8 Å². The van der Waals surface area contributed by atoms with Gasteiger partial charge in [-0.1, -0.05) is 6.07 Å². The molecule has 1 saturated heterocycles. The van der Waals surface area contributed by atoms with E-state index >= 15 is 0 Å². The van der Waals surface area contributed by atoms with Gasteiger partial charge in [0, 0.05) is 37.1 Å². The first-order valence-electron chi connectivity index (χ1n) is 9.61. The third kappa shape index (κ3) is 3.43. The molecule has 0 bridgehead atoms. The van der Waals surface area contributed by atoms with Crippen molar-refractivity contribution in [2.24, 2.45) is 0 Å². The molecule has 1 aromatic carbocycles. The molecule has 10 nitrogen and oxygen atoms in total. The number of nitrogens with zero attached hydrogens (tertiary/aromatic N) is 5. The van der Waals surface area contributed by atoms with Crippen LogP contribution in [-0.2, 0) is 4.74 Å². The van der Waals surface area contributed by atoms with E-state index in [1.165, 1.54) is 25.3 Å². The van der Waals surface area contributed by atoms with Gasteiger partial charge in [-0.15, -0.1) is 0 Å². The van der Waals surface area contributed by atoms with Crippen LogP contribution in [-0.4, -0.2) is 56.8 Å². The van der Waals surface area contributed by atoms with Crippen LogP contribution in [0.25, 0.3) is 28.0 Å². The molecule has 0 amide bonds. The number of methoxy groups -OCH3 is 1. The van der Waals surface area contributed by atoms with Gasteiger partial charge in [-0.2, -0.15) is 14.9 Å². The summed E-state index contributed by atoms with van der Waals surface area (Å²) in [5.74, 6) is 0.122. The van der Waals surface area contributed by atoms with E-state index < -0.39 is 11.4 Å². The fraction of sp³-hybridized carbons (Fsp3) is 0.250.